The first-order chi connectivity index (χ1) is 9.97. The van der Waals surface area contributed by atoms with Crippen molar-refractivity contribution in [3.05, 3.63) is 53.5 Å². The van der Waals surface area contributed by atoms with E-state index in [9.17, 15) is 4.79 Å². The molecular weight excluding hydrogens is 264 g/mol. The molecule has 0 aliphatic heterocycles. The first-order valence-corrected chi connectivity index (χ1v) is 6.95. The maximum absolute atomic E-state index is 12.3. The number of hydrogen-bond donors (Lipinski definition) is 2. The monoisotopic (exact) mass is 284 g/mol. The average molecular weight is 284 g/mol. The molecule has 1 unspecified atom stereocenters. The van der Waals surface area contributed by atoms with Crippen LogP contribution >= 0.6 is 0 Å². The van der Waals surface area contributed by atoms with E-state index in [0.29, 0.717) is 11.4 Å². The predicted molar refractivity (Wildman–Crippen MR) is 82.9 cm³/mol. The fraction of sp³-hybridized carbons (Fsp3) is 0.312. The van der Waals surface area contributed by atoms with Gasteiger partial charge >= 0.3 is 0 Å². The Morgan fingerprint density at radius 2 is 2.05 bits per heavy atom. The third kappa shape index (κ3) is 3.78. The quantitative estimate of drug-likeness (QED) is 0.904. The summed E-state index contributed by atoms with van der Waals surface area (Å²) in [5.41, 5.74) is 8.07. The van der Waals surface area contributed by atoms with Crippen molar-refractivity contribution in [2.24, 2.45) is 0 Å². The first kappa shape index (κ1) is 15.0. The standard InChI is InChI=1S/C16H20N4O/c1-10(2)14-7-13(8-15(17)20-14)16(21)19-11(3)12-5-4-6-18-9-12/h4-11H,1-3H3,(H2,17,20)(H,19,21). The summed E-state index contributed by atoms with van der Waals surface area (Å²) in [6, 6.07) is 7.03. The van der Waals surface area contributed by atoms with Gasteiger partial charge in [0, 0.05) is 23.7 Å². The fourth-order valence-corrected chi connectivity index (χ4v) is 2.00. The van der Waals surface area contributed by atoms with Crippen molar-refractivity contribution in [1.82, 2.24) is 15.3 Å². The van der Waals surface area contributed by atoms with Gasteiger partial charge in [-0.05, 0) is 36.6 Å². The molecule has 0 saturated heterocycles. The van der Waals surface area contributed by atoms with Crippen molar-refractivity contribution in [1.29, 1.82) is 0 Å². The minimum atomic E-state index is -0.164. The molecule has 0 aliphatic carbocycles. The molecular formula is C16H20N4O. The van der Waals surface area contributed by atoms with Crippen LogP contribution in [0.3, 0.4) is 0 Å². The van der Waals surface area contributed by atoms with Gasteiger partial charge < -0.3 is 11.1 Å². The summed E-state index contributed by atoms with van der Waals surface area (Å²) in [6.07, 6.45) is 3.45. The zero-order valence-corrected chi connectivity index (χ0v) is 12.5. The van der Waals surface area contributed by atoms with Crippen LogP contribution < -0.4 is 11.1 Å². The van der Waals surface area contributed by atoms with Gasteiger partial charge in [-0.15, -0.1) is 0 Å². The van der Waals surface area contributed by atoms with E-state index < -0.39 is 0 Å². The molecule has 0 saturated carbocycles. The summed E-state index contributed by atoms with van der Waals surface area (Å²) in [5.74, 6) is 0.415. The van der Waals surface area contributed by atoms with Crippen molar-refractivity contribution < 1.29 is 4.79 Å². The average Bonchev–Trinajstić information content (AvgIpc) is 2.47. The zero-order valence-electron chi connectivity index (χ0n) is 12.5. The second kappa shape index (κ2) is 6.35. The van der Waals surface area contributed by atoms with E-state index in [1.807, 2.05) is 32.9 Å². The van der Waals surface area contributed by atoms with Gasteiger partial charge in [-0.1, -0.05) is 19.9 Å². The molecule has 1 atom stereocenters. The summed E-state index contributed by atoms with van der Waals surface area (Å²) < 4.78 is 0. The number of rotatable bonds is 4. The lowest BCUT2D eigenvalue weighted by molar-refractivity contribution is 0.0939. The highest BCUT2D eigenvalue weighted by Crippen LogP contribution is 2.17. The Hall–Kier alpha value is -2.43. The van der Waals surface area contributed by atoms with E-state index in [1.165, 1.54) is 0 Å². The van der Waals surface area contributed by atoms with Crippen molar-refractivity contribution >= 4 is 11.7 Å². The van der Waals surface area contributed by atoms with Gasteiger partial charge in [0.05, 0.1) is 6.04 Å². The van der Waals surface area contributed by atoms with Gasteiger partial charge in [0.25, 0.3) is 5.91 Å². The molecule has 2 aromatic heterocycles. The van der Waals surface area contributed by atoms with Gasteiger partial charge in [-0.25, -0.2) is 4.98 Å². The van der Waals surface area contributed by atoms with E-state index >= 15 is 0 Å². The van der Waals surface area contributed by atoms with Gasteiger partial charge in [0.2, 0.25) is 0 Å². The highest BCUT2D eigenvalue weighted by Gasteiger charge is 2.14. The topological polar surface area (TPSA) is 80.9 Å². The minimum Gasteiger partial charge on any atom is -0.384 e. The molecule has 3 N–H and O–H groups in total. The zero-order chi connectivity index (χ0) is 15.4. The molecule has 0 radical (unpaired) electrons. The number of carbonyl (C=O) groups excluding carboxylic acids is 1. The molecule has 0 fully saturated rings. The van der Waals surface area contributed by atoms with E-state index in [1.54, 1.807) is 24.5 Å². The van der Waals surface area contributed by atoms with E-state index in [2.05, 4.69) is 15.3 Å². The summed E-state index contributed by atoms with van der Waals surface area (Å²) in [7, 11) is 0. The summed E-state index contributed by atoms with van der Waals surface area (Å²) in [5, 5.41) is 2.94. The lowest BCUT2D eigenvalue weighted by Gasteiger charge is -2.15. The smallest absolute Gasteiger partial charge is 0.251 e. The van der Waals surface area contributed by atoms with Crippen LogP contribution in [-0.4, -0.2) is 15.9 Å². The Morgan fingerprint density at radius 1 is 1.29 bits per heavy atom. The number of hydrogen-bond acceptors (Lipinski definition) is 4. The first-order valence-electron chi connectivity index (χ1n) is 6.95. The van der Waals surface area contributed by atoms with Crippen molar-refractivity contribution in [3.63, 3.8) is 0 Å². The largest absolute Gasteiger partial charge is 0.384 e. The predicted octanol–water partition coefficient (Wildman–Crippen LogP) is 2.67. The molecule has 0 spiro atoms. The van der Waals surface area contributed by atoms with Crippen LogP contribution in [0.5, 0.6) is 0 Å². The second-order valence-corrected chi connectivity index (χ2v) is 5.34. The Morgan fingerprint density at radius 3 is 2.67 bits per heavy atom. The Balaban J connectivity index is 2.17. The van der Waals surface area contributed by atoms with Crippen LogP contribution in [0.1, 0.15) is 54.3 Å². The molecule has 2 aromatic rings. The van der Waals surface area contributed by atoms with Crippen molar-refractivity contribution in [2.45, 2.75) is 32.7 Å². The summed E-state index contributed by atoms with van der Waals surface area (Å²) in [6.45, 7) is 5.95. The normalized spacial score (nSPS) is 12.2. The Labute approximate surface area is 124 Å². The lowest BCUT2D eigenvalue weighted by Crippen LogP contribution is -2.27. The molecule has 0 bridgehead atoms. The molecule has 0 aliphatic rings. The van der Waals surface area contributed by atoms with Crippen LogP contribution in [-0.2, 0) is 0 Å². The highest BCUT2D eigenvalue weighted by atomic mass is 16.1. The molecule has 21 heavy (non-hydrogen) atoms. The number of nitrogen functional groups attached to an aromatic ring is 1. The molecule has 5 nitrogen and oxygen atoms in total. The van der Waals surface area contributed by atoms with Crippen molar-refractivity contribution in [2.75, 3.05) is 5.73 Å². The molecule has 2 rings (SSSR count). The van der Waals surface area contributed by atoms with Gasteiger partial charge in [-0.3, -0.25) is 9.78 Å². The SMILES string of the molecule is CC(C)c1cc(C(=O)NC(C)c2cccnc2)cc(N)n1. The summed E-state index contributed by atoms with van der Waals surface area (Å²) >= 11 is 0. The van der Waals surface area contributed by atoms with Gasteiger partial charge in [0.1, 0.15) is 5.82 Å². The third-order valence-electron chi connectivity index (χ3n) is 3.25. The van der Waals surface area contributed by atoms with Crippen LogP contribution in [0.4, 0.5) is 5.82 Å². The Kier molecular flexibility index (Phi) is 4.52. The van der Waals surface area contributed by atoms with Crippen LogP contribution in [0.25, 0.3) is 0 Å². The number of carbonyl (C=O) groups is 1. The van der Waals surface area contributed by atoms with Gasteiger partial charge in [0.15, 0.2) is 0 Å². The number of nitrogens with two attached hydrogens (primary N) is 1. The highest BCUT2D eigenvalue weighted by molar-refractivity contribution is 5.95. The number of aromatic nitrogens is 2. The van der Waals surface area contributed by atoms with Crippen LogP contribution in [0, 0.1) is 0 Å². The number of anilines is 1. The molecule has 2 heterocycles. The number of nitrogens with one attached hydrogen (secondary N) is 1. The minimum absolute atomic E-state index is 0.122. The van der Waals surface area contributed by atoms with E-state index in [0.717, 1.165) is 11.3 Å². The van der Waals surface area contributed by atoms with E-state index in [4.69, 9.17) is 5.73 Å². The maximum atomic E-state index is 12.3. The van der Waals surface area contributed by atoms with Crippen LogP contribution in [0.2, 0.25) is 0 Å². The molecule has 5 heteroatoms. The van der Waals surface area contributed by atoms with Crippen LogP contribution in [0.15, 0.2) is 36.7 Å². The second-order valence-electron chi connectivity index (χ2n) is 5.34. The Bertz CT molecular complexity index is 625. The number of pyridine rings is 2. The van der Waals surface area contributed by atoms with E-state index in [-0.39, 0.29) is 17.9 Å². The molecule has 0 aromatic carbocycles. The lowest BCUT2D eigenvalue weighted by atomic mass is 10.1. The third-order valence-corrected chi connectivity index (χ3v) is 3.25. The number of amides is 1. The molecule has 1 amide bonds. The maximum Gasteiger partial charge on any atom is 0.251 e. The van der Waals surface area contributed by atoms with Crippen molar-refractivity contribution in [3.8, 4) is 0 Å². The van der Waals surface area contributed by atoms with Gasteiger partial charge in [-0.2, -0.15) is 0 Å². The summed E-state index contributed by atoms with van der Waals surface area (Å²) in [4.78, 5) is 20.6. The molecule has 110 valence electrons. The number of nitrogens with zero attached hydrogens (tertiary/aromatic N) is 2. The fourth-order valence-electron chi connectivity index (χ4n) is 2.00.